The van der Waals surface area contributed by atoms with Gasteiger partial charge in [0.25, 0.3) is 11.8 Å². The third kappa shape index (κ3) is 2.90. The SMILES string of the molecule is Cc1ccc(S(=O)(=O)NCCN2C(=O)c3cccnc3C2=O)s1. The molecule has 9 heteroatoms. The van der Waals surface area contributed by atoms with Gasteiger partial charge < -0.3 is 0 Å². The minimum atomic E-state index is -3.63. The molecular formula is C14H13N3O4S2. The topological polar surface area (TPSA) is 96.4 Å². The molecule has 2 aromatic rings. The molecule has 0 fully saturated rings. The number of aromatic nitrogens is 1. The van der Waals surface area contributed by atoms with Crippen LogP contribution in [-0.2, 0) is 10.0 Å². The molecule has 120 valence electrons. The highest BCUT2D eigenvalue weighted by molar-refractivity contribution is 7.91. The zero-order chi connectivity index (χ0) is 16.6. The van der Waals surface area contributed by atoms with Crippen molar-refractivity contribution in [3.8, 4) is 0 Å². The number of sulfonamides is 1. The summed E-state index contributed by atoms with van der Waals surface area (Å²) in [4.78, 5) is 30.0. The van der Waals surface area contributed by atoms with Crippen LogP contribution in [-0.4, -0.2) is 43.2 Å². The van der Waals surface area contributed by atoms with Crippen molar-refractivity contribution in [3.05, 3.63) is 46.6 Å². The van der Waals surface area contributed by atoms with Crippen LogP contribution in [0.15, 0.2) is 34.7 Å². The molecule has 2 aromatic heterocycles. The van der Waals surface area contributed by atoms with Gasteiger partial charge in [0.1, 0.15) is 9.90 Å². The van der Waals surface area contributed by atoms with Gasteiger partial charge in [-0.1, -0.05) is 0 Å². The molecule has 0 saturated carbocycles. The molecule has 0 bridgehead atoms. The Bertz CT molecular complexity index is 854. The standard InChI is InChI=1S/C14H13N3O4S2/c1-9-4-5-11(22-9)23(20,21)16-7-8-17-13(18)10-3-2-6-15-12(10)14(17)19/h2-6,16H,7-8H2,1H3. The van der Waals surface area contributed by atoms with E-state index in [0.29, 0.717) is 0 Å². The number of carbonyl (C=O) groups is 2. The number of hydrogen-bond acceptors (Lipinski definition) is 6. The summed E-state index contributed by atoms with van der Waals surface area (Å²) < 4.78 is 26.8. The summed E-state index contributed by atoms with van der Waals surface area (Å²) in [5, 5.41) is 0. The zero-order valence-corrected chi connectivity index (χ0v) is 13.8. The number of amides is 2. The third-order valence-electron chi connectivity index (χ3n) is 3.34. The largest absolute Gasteiger partial charge is 0.280 e. The number of nitrogens with zero attached hydrogens (tertiary/aromatic N) is 2. The van der Waals surface area contributed by atoms with E-state index in [-0.39, 0.29) is 28.6 Å². The highest BCUT2D eigenvalue weighted by Crippen LogP contribution is 2.21. The Hall–Kier alpha value is -2.10. The van der Waals surface area contributed by atoms with Crippen LogP contribution in [0.5, 0.6) is 0 Å². The number of nitrogens with one attached hydrogen (secondary N) is 1. The summed E-state index contributed by atoms with van der Waals surface area (Å²) in [5.74, 6) is -0.957. The monoisotopic (exact) mass is 351 g/mol. The van der Waals surface area contributed by atoms with Crippen LogP contribution in [0.25, 0.3) is 0 Å². The summed E-state index contributed by atoms with van der Waals surface area (Å²) in [6.07, 6.45) is 1.44. The number of carbonyl (C=O) groups excluding carboxylic acids is 2. The van der Waals surface area contributed by atoms with E-state index in [1.165, 1.54) is 18.3 Å². The zero-order valence-electron chi connectivity index (χ0n) is 12.1. The van der Waals surface area contributed by atoms with Crippen LogP contribution < -0.4 is 4.72 Å². The van der Waals surface area contributed by atoms with E-state index in [2.05, 4.69) is 9.71 Å². The summed E-state index contributed by atoms with van der Waals surface area (Å²) >= 11 is 1.16. The summed E-state index contributed by atoms with van der Waals surface area (Å²) in [6.45, 7) is 1.72. The predicted molar refractivity (Wildman–Crippen MR) is 83.8 cm³/mol. The Balaban J connectivity index is 1.66. The van der Waals surface area contributed by atoms with Crippen molar-refractivity contribution in [3.63, 3.8) is 0 Å². The van der Waals surface area contributed by atoms with Crippen LogP contribution >= 0.6 is 11.3 Å². The molecule has 0 saturated heterocycles. The van der Waals surface area contributed by atoms with Crippen molar-refractivity contribution in [1.29, 1.82) is 0 Å². The molecule has 2 amide bonds. The van der Waals surface area contributed by atoms with Gasteiger partial charge >= 0.3 is 0 Å². The number of fused-ring (bicyclic) bond motifs is 1. The van der Waals surface area contributed by atoms with Gasteiger partial charge in [0, 0.05) is 24.2 Å². The van der Waals surface area contributed by atoms with Gasteiger partial charge in [0.05, 0.1) is 5.56 Å². The molecule has 1 aliphatic heterocycles. The third-order valence-corrected chi connectivity index (χ3v) is 6.29. The Morgan fingerprint density at radius 2 is 2.00 bits per heavy atom. The van der Waals surface area contributed by atoms with Gasteiger partial charge in [0.2, 0.25) is 10.0 Å². The first-order valence-corrected chi connectivity index (χ1v) is 9.07. The second-order valence-electron chi connectivity index (χ2n) is 4.92. The second kappa shape index (κ2) is 5.84. The smallest absolute Gasteiger partial charge is 0.272 e. The fourth-order valence-electron chi connectivity index (χ4n) is 2.24. The minimum absolute atomic E-state index is 0.0440. The highest BCUT2D eigenvalue weighted by Gasteiger charge is 2.36. The van der Waals surface area contributed by atoms with Crippen LogP contribution in [0.1, 0.15) is 25.7 Å². The lowest BCUT2D eigenvalue weighted by molar-refractivity contribution is 0.0655. The second-order valence-corrected chi connectivity index (χ2v) is 8.21. The lowest BCUT2D eigenvalue weighted by atomic mass is 10.2. The molecule has 0 aliphatic carbocycles. The van der Waals surface area contributed by atoms with Crippen molar-refractivity contribution >= 4 is 33.2 Å². The first kappa shape index (κ1) is 15.8. The molecule has 7 nitrogen and oxygen atoms in total. The molecule has 3 rings (SSSR count). The maximum Gasteiger partial charge on any atom is 0.280 e. The van der Waals surface area contributed by atoms with E-state index in [9.17, 15) is 18.0 Å². The number of rotatable bonds is 5. The lowest BCUT2D eigenvalue weighted by Crippen LogP contribution is -2.38. The molecule has 0 atom stereocenters. The first-order chi connectivity index (χ1) is 10.9. The van der Waals surface area contributed by atoms with Crippen LogP contribution in [0.2, 0.25) is 0 Å². The van der Waals surface area contributed by atoms with Crippen molar-refractivity contribution in [2.45, 2.75) is 11.1 Å². The number of hydrogen-bond donors (Lipinski definition) is 1. The summed E-state index contributed by atoms with van der Waals surface area (Å²) in [5.41, 5.74) is 0.350. The lowest BCUT2D eigenvalue weighted by Gasteiger charge is -2.13. The van der Waals surface area contributed by atoms with Gasteiger partial charge in [-0.2, -0.15) is 0 Å². The van der Waals surface area contributed by atoms with Crippen molar-refractivity contribution < 1.29 is 18.0 Å². The molecule has 0 radical (unpaired) electrons. The molecule has 3 heterocycles. The van der Waals surface area contributed by atoms with Gasteiger partial charge in [-0.05, 0) is 31.2 Å². The Morgan fingerprint density at radius 1 is 1.22 bits per heavy atom. The summed E-state index contributed by atoms with van der Waals surface area (Å²) in [7, 11) is -3.63. The Labute approximate surface area is 137 Å². The average Bonchev–Trinajstić information content (AvgIpc) is 3.06. The first-order valence-electron chi connectivity index (χ1n) is 6.77. The average molecular weight is 351 g/mol. The number of aryl methyl sites for hydroxylation is 1. The van der Waals surface area contributed by atoms with E-state index >= 15 is 0 Å². The van der Waals surface area contributed by atoms with Crippen LogP contribution in [0, 0.1) is 6.92 Å². The number of pyridine rings is 1. The van der Waals surface area contributed by atoms with Gasteiger partial charge in [-0.3, -0.25) is 19.5 Å². The van der Waals surface area contributed by atoms with Crippen molar-refractivity contribution in [2.75, 3.05) is 13.1 Å². The van der Waals surface area contributed by atoms with E-state index in [0.717, 1.165) is 21.1 Å². The minimum Gasteiger partial charge on any atom is -0.272 e. The van der Waals surface area contributed by atoms with E-state index < -0.39 is 21.8 Å². The maximum atomic E-state index is 12.1. The predicted octanol–water partition coefficient (Wildman–Crippen LogP) is 1.03. The molecule has 0 spiro atoms. The van der Waals surface area contributed by atoms with Crippen LogP contribution in [0.4, 0.5) is 0 Å². The van der Waals surface area contributed by atoms with Crippen molar-refractivity contribution in [1.82, 2.24) is 14.6 Å². The van der Waals surface area contributed by atoms with Gasteiger partial charge in [-0.15, -0.1) is 11.3 Å². The molecule has 0 aromatic carbocycles. The normalized spacial score (nSPS) is 14.4. The van der Waals surface area contributed by atoms with Crippen LogP contribution in [0.3, 0.4) is 0 Å². The quantitative estimate of drug-likeness (QED) is 0.812. The number of imide groups is 1. The number of thiophene rings is 1. The van der Waals surface area contributed by atoms with Gasteiger partial charge in [0.15, 0.2) is 0 Å². The Morgan fingerprint density at radius 3 is 2.65 bits per heavy atom. The van der Waals surface area contributed by atoms with E-state index in [1.807, 2.05) is 6.92 Å². The summed E-state index contributed by atoms with van der Waals surface area (Å²) in [6, 6.07) is 6.35. The fraction of sp³-hybridized carbons (Fsp3) is 0.214. The highest BCUT2D eigenvalue weighted by atomic mass is 32.2. The fourth-order valence-corrected chi connectivity index (χ4v) is 4.59. The maximum absolute atomic E-state index is 12.1. The molecule has 1 aliphatic rings. The molecule has 0 unspecified atom stereocenters. The molecule has 23 heavy (non-hydrogen) atoms. The Kier molecular flexibility index (Phi) is 4.00. The van der Waals surface area contributed by atoms with E-state index in [1.54, 1.807) is 12.1 Å². The van der Waals surface area contributed by atoms with Crippen molar-refractivity contribution in [2.24, 2.45) is 0 Å². The van der Waals surface area contributed by atoms with Gasteiger partial charge in [-0.25, -0.2) is 13.1 Å². The molecule has 1 N–H and O–H groups in total. The molecular weight excluding hydrogens is 338 g/mol. The van der Waals surface area contributed by atoms with E-state index in [4.69, 9.17) is 0 Å².